The number of carbonyl (C=O) groups excluding carboxylic acids is 1. The van der Waals surface area contributed by atoms with Gasteiger partial charge in [-0.15, -0.1) is 0 Å². The second-order valence-electron chi connectivity index (χ2n) is 8.21. The van der Waals surface area contributed by atoms with E-state index in [1.54, 1.807) is 48.7 Å². The molecule has 182 valence electrons. The molecule has 2 heterocycles. The highest BCUT2D eigenvalue weighted by atomic mass is 32.2. The summed E-state index contributed by atoms with van der Waals surface area (Å²) in [5.41, 5.74) is 8.47. The van der Waals surface area contributed by atoms with Gasteiger partial charge in [0, 0.05) is 40.8 Å². The number of fused-ring (bicyclic) bond motifs is 1. The fourth-order valence-electron chi connectivity index (χ4n) is 4.03. The van der Waals surface area contributed by atoms with Crippen molar-refractivity contribution in [3.05, 3.63) is 114 Å². The van der Waals surface area contributed by atoms with Gasteiger partial charge < -0.3 is 16.0 Å². The quantitative estimate of drug-likeness (QED) is 0.262. The molecule has 5 rings (SSSR count). The first kappa shape index (κ1) is 23.9. The molecule has 0 aliphatic rings. The predicted molar refractivity (Wildman–Crippen MR) is 141 cm³/mol. The molecule has 1 amide bonds. The smallest absolute Gasteiger partial charge is 0.267 e. The Hall–Kier alpha value is -3.79. The molecule has 5 aromatic rings. The Kier molecular flexibility index (Phi) is 6.69. The van der Waals surface area contributed by atoms with Crippen LogP contribution in [-0.4, -0.2) is 23.3 Å². The van der Waals surface area contributed by atoms with E-state index in [9.17, 15) is 13.2 Å². The second-order valence-corrected chi connectivity index (χ2v) is 11.1. The fourth-order valence-corrected chi connectivity index (χ4v) is 6.49. The number of rotatable bonds is 9. The summed E-state index contributed by atoms with van der Waals surface area (Å²) >= 11 is 1.50. The van der Waals surface area contributed by atoms with Crippen LogP contribution in [-0.2, 0) is 23.1 Å². The van der Waals surface area contributed by atoms with E-state index < -0.39 is 15.9 Å². The molecule has 0 radical (unpaired) electrons. The number of benzene rings is 3. The van der Waals surface area contributed by atoms with E-state index in [4.69, 9.17) is 5.73 Å². The normalized spacial score (nSPS) is 11.7. The van der Waals surface area contributed by atoms with Crippen LogP contribution >= 0.6 is 11.8 Å². The molecule has 9 heteroatoms. The summed E-state index contributed by atoms with van der Waals surface area (Å²) < 4.78 is 27.3. The Morgan fingerprint density at radius 3 is 2.36 bits per heavy atom. The molecule has 36 heavy (non-hydrogen) atoms. The molecule has 0 saturated heterocycles. The molecule has 7 nitrogen and oxygen atoms in total. The van der Waals surface area contributed by atoms with Gasteiger partial charge in [0.2, 0.25) is 0 Å². The van der Waals surface area contributed by atoms with Crippen LogP contribution in [0.15, 0.2) is 112 Å². The monoisotopic (exact) mass is 516 g/mol. The third-order valence-electron chi connectivity index (χ3n) is 5.75. The Labute approximate surface area is 213 Å². The maximum absolute atomic E-state index is 13.0. The number of carbonyl (C=O) groups is 1. The van der Waals surface area contributed by atoms with Crippen LogP contribution in [0, 0.1) is 0 Å². The lowest BCUT2D eigenvalue weighted by Gasteiger charge is -2.11. The molecule has 0 fully saturated rings. The molecular weight excluding hydrogens is 492 g/mol. The van der Waals surface area contributed by atoms with Crippen molar-refractivity contribution in [2.24, 2.45) is 5.73 Å². The zero-order valence-corrected chi connectivity index (χ0v) is 20.9. The molecule has 0 saturated carbocycles. The first-order valence-electron chi connectivity index (χ1n) is 11.3. The average Bonchev–Trinajstić information content (AvgIpc) is 3.51. The van der Waals surface area contributed by atoms with Gasteiger partial charge in [-0.3, -0.25) is 4.79 Å². The van der Waals surface area contributed by atoms with Crippen LogP contribution in [0.2, 0.25) is 0 Å². The van der Waals surface area contributed by atoms with Crippen LogP contribution in [0.3, 0.4) is 0 Å². The van der Waals surface area contributed by atoms with E-state index in [-0.39, 0.29) is 4.90 Å². The zero-order chi connectivity index (χ0) is 25.1. The Morgan fingerprint density at radius 2 is 1.64 bits per heavy atom. The van der Waals surface area contributed by atoms with Gasteiger partial charge in [0.05, 0.1) is 9.79 Å². The Bertz CT molecular complexity index is 1630. The van der Waals surface area contributed by atoms with Gasteiger partial charge >= 0.3 is 0 Å². The van der Waals surface area contributed by atoms with Gasteiger partial charge in [0.15, 0.2) is 0 Å². The third-order valence-corrected chi connectivity index (χ3v) is 8.63. The van der Waals surface area contributed by atoms with E-state index >= 15 is 0 Å². The molecule has 0 spiro atoms. The van der Waals surface area contributed by atoms with Crippen LogP contribution < -0.4 is 11.1 Å². The molecule has 0 unspecified atom stereocenters. The number of aromatic nitrogens is 2. The van der Waals surface area contributed by atoms with Crippen molar-refractivity contribution in [3.63, 3.8) is 0 Å². The summed E-state index contributed by atoms with van der Waals surface area (Å²) in [6, 6.07) is 27.6. The number of aromatic amines is 1. The number of H-pyrrole nitrogens is 1. The number of hydrogen-bond acceptors (Lipinski definition) is 5. The van der Waals surface area contributed by atoms with Crippen LogP contribution in [0.5, 0.6) is 0 Å². The van der Waals surface area contributed by atoms with Crippen molar-refractivity contribution in [1.82, 2.24) is 14.3 Å². The van der Waals surface area contributed by atoms with Gasteiger partial charge in [-0.1, -0.05) is 60.3 Å². The topological polar surface area (TPSA) is 110 Å². The minimum absolute atomic E-state index is 0.245. The van der Waals surface area contributed by atoms with Gasteiger partial charge in [-0.2, -0.15) is 0 Å². The largest absolute Gasteiger partial charge is 0.364 e. The molecule has 3 aromatic carbocycles. The fraction of sp³-hybridized carbons (Fsp3) is 0.0741. The van der Waals surface area contributed by atoms with Gasteiger partial charge in [-0.25, -0.2) is 12.4 Å². The van der Waals surface area contributed by atoms with Crippen LogP contribution in [0.25, 0.3) is 10.9 Å². The highest BCUT2D eigenvalue weighted by Crippen LogP contribution is 2.36. The van der Waals surface area contributed by atoms with E-state index in [1.165, 1.54) is 15.7 Å². The third kappa shape index (κ3) is 4.81. The van der Waals surface area contributed by atoms with E-state index in [0.29, 0.717) is 24.5 Å². The lowest BCUT2D eigenvalue weighted by molar-refractivity contribution is 0.0993. The molecule has 0 atom stereocenters. The first-order valence-corrected chi connectivity index (χ1v) is 13.5. The van der Waals surface area contributed by atoms with Crippen molar-refractivity contribution >= 4 is 38.6 Å². The lowest BCUT2D eigenvalue weighted by atomic mass is 10.1. The number of nitrogens with two attached hydrogens (primary N) is 1. The van der Waals surface area contributed by atoms with Crippen molar-refractivity contribution in [2.75, 3.05) is 0 Å². The van der Waals surface area contributed by atoms with E-state index in [2.05, 4.69) is 10.3 Å². The average molecular weight is 517 g/mol. The number of nitrogens with one attached hydrogen (secondary N) is 2. The second kappa shape index (κ2) is 10.1. The van der Waals surface area contributed by atoms with E-state index in [0.717, 1.165) is 26.3 Å². The first-order chi connectivity index (χ1) is 17.4. The minimum Gasteiger partial charge on any atom is -0.364 e. The summed E-state index contributed by atoms with van der Waals surface area (Å²) in [6.45, 7) is 0.877. The summed E-state index contributed by atoms with van der Waals surface area (Å²) in [7, 11) is -3.66. The summed E-state index contributed by atoms with van der Waals surface area (Å²) in [5.74, 6) is -0.510. The zero-order valence-electron chi connectivity index (χ0n) is 19.2. The Morgan fingerprint density at radius 1 is 0.917 bits per heavy atom. The van der Waals surface area contributed by atoms with E-state index in [1.807, 2.05) is 48.5 Å². The number of primary amides is 1. The number of amides is 1. The van der Waals surface area contributed by atoms with Gasteiger partial charge in [0.25, 0.3) is 15.9 Å². The predicted octanol–water partition coefficient (Wildman–Crippen LogP) is 4.75. The Balaban J connectivity index is 1.33. The van der Waals surface area contributed by atoms with Crippen molar-refractivity contribution in [2.45, 2.75) is 27.8 Å². The standard InChI is InChI=1S/C27H24N4O3S2/c28-27(32)25-26(35-21-9-3-1-4-10-21)23-14-13-19(16-24(23)30-25)17-29-18-20-8-7-15-31(20)36(33,34)22-11-5-2-6-12-22/h1-16,29-30H,17-18H2,(H2,28,32). The number of nitrogens with zero attached hydrogens (tertiary/aromatic N) is 1. The summed E-state index contributed by atoms with van der Waals surface area (Å²) in [4.78, 5) is 17.3. The van der Waals surface area contributed by atoms with Crippen molar-refractivity contribution in [1.29, 1.82) is 0 Å². The number of hydrogen-bond donors (Lipinski definition) is 3. The van der Waals surface area contributed by atoms with Crippen molar-refractivity contribution in [3.8, 4) is 0 Å². The highest BCUT2D eigenvalue weighted by Gasteiger charge is 2.19. The summed E-state index contributed by atoms with van der Waals surface area (Å²) in [5, 5.41) is 4.24. The maximum atomic E-state index is 13.0. The maximum Gasteiger partial charge on any atom is 0.267 e. The lowest BCUT2D eigenvalue weighted by Crippen LogP contribution is -2.20. The van der Waals surface area contributed by atoms with Gasteiger partial charge in [-0.05, 0) is 48.0 Å². The summed E-state index contributed by atoms with van der Waals surface area (Å²) in [6.07, 6.45) is 1.56. The molecule has 0 bridgehead atoms. The molecule has 4 N–H and O–H groups in total. The molecular formula is C27H24N4O3S2. The minimum atomic E-state index is -3.66. The van der Waals surface area contributed by atoms with Crippen molar-refractivity contribution < 1.29 is 13.2 Å². The highest BCUT2D eigenvalue weighted by molar-refractivity contribution is 7.99. The molecule has 0 aliphatic heterocycles. The molecule has 2 aromatic heterocycles. The van der Waals surface area contributed by atoms with Gasteiger partial charge in [0.1, 0.15) is 5.69 Å². The van der Waals surface area contributed by atoms with Crippen LogP contribution in [0.4, 0.5) is 0 Å². The van der Waals surface area contributed by atoms with Crippen LogP contribution in [0.1, 0.15) is 21.7 Å². The molecule has 0 aliphatic carbocycles. The SMILES string of the molecule is NC(=O)c1[nH]c2cc(CNCc3cccn3S(=O)(=O)c3ccccc3)ccc2c1Sc1ccccc1.